The van der Waals surface area contributed by atoms with E-state index < -0.39 is 12.0 Å². The summed E-state index contributed by atoms with van der Waals surface area (Å²) in [5.74, 6) is -1.33. The van der Waals surface area contributed by atoms with E-state index in [1.54, 1.807) is 0 Å². The van der Waals surface area contributed by atoms with Gasteiger partial charge in [-0.2, -0.15) is 0 Å². The van der Waals surface area contributed by atoms with E-state index in [1.807, 2.05) is 31.2 Å². The van der Waals surface area contributed by atoms with Crippen LogP contribution < -0.4 is 20.7 Å². The fourth-order valence-electron chi connectivity index (χ4n) is 4.20. The molecule has 3 amide bonds. The highest BCUT2D eigenvalue weighted by molar-refractivity contribution is 5.84. The van der Waals surface area contributed by atoms with Gasteiger partial charge in [0.15, 0.2) is 5.78 Å². The van der Waals surface area contributed by atoms with E-state index >= 15 is 0 Å². The fraction of sp³-hybridized carbons (Fsp3) is 0.676. The van der Waals surface area contributed by atoms with Gasteiger partial charge >= 0.3 is 5.97 Å². The summed E-state index contributed by atoms with van der Waals surface area (Å²) < 4.78 is 26.6. The third kappa shape index (κ3) is 25.5. The zero-order chi connectivity index (χ0) is 35.2. The van der Waals surface area contributed by atoms with Crippen molar-refractivity contribution in [3.8, 4) is 5.75 Å². The maximum atomic E-state index is 12.2. The Kier molecular flexibility index (Phi) is 25.1. The van der Waals surface area contributed by atoms with Crippen molar-refractivity contribution >= 4 is 29.5 Å². The summed E-state index contributed by atoms with van der Waals surface area (Å²) in [7, 11) is 0. The zero-order valence-electron chi connectivity index (χ0n) is 28.6. The molecule has 0 radical (unpaired) electrons. The van der Waals surface area contributed by atoms with Crippen molar-refractivity contribution in [1.29, 1.82) is 0 Å². The molecule has 0 aliphatic heterocycles. The Morgan fingerprint density at radius 3 is 1.83 bits per heavy atom. The van der Waals surface area contributed by atoms with Crippen molar-refractivity contribution in [2.24, 2.45) is 0 Å². The lowest BCUT2D eigenvalue weighted by Crippen LogP contribution is -2.41. The van der Waals surface area contributed by atoms with E-state index in [4.69, 9.17) is 23.7 Å². The number of hydrogen-bond acceptors (Lipinski definition) is 10. The number of ketones is 1. The van der Waals surface area contributed by atoms with Gasteiger partial charge in [-0.05, 0) is 45.2 Å². The van der Waals surface area contributed by atoms with E-state index in [0.29, 0.717) is 39.4 Å². The highest BCUT2D eigenvalue weighted by Crippen LogP contribution is 2.13. The first-order chi connectivity index (χ1) is 23.2. The molecule has 0 heterocycles. The van der Waals surface area contributed by atoms with Crippen molar-refractivity contribution < 1.29 is 52.8 Å². The Bertz CT molecular complexity index is 1050. The molecule has 1 rings (SSSR count). The number of carboxylic acids is 1. The van der Waals surface area contributed by atoms with Crippen molar-refractivity contribution in [2.75, 3.05) is 72.6 Å². The Hall–Kier alpha value is -3.59. The molecule has 1 unspecified atom stereocenters. The number of hydrogen-bond donors (Lipinski definition) is 4. The lowest BCUT2D eigenvalue weighted by atomic mass is 10.1. The Labute approximate surface area is 283 Å². The Morgan fingerprint density at radius 2 is 1.21 bits per heavy atom. The molecule has 0 aliphatic carbocycles. The quantitative estimate of drug-likeness (QED) is 0.0843. The third-order valence-corrected chi connectivity index (χ3v) is 6.80. The first kappa shape index (κ1) is 42.4. The molecule has 48 heavy (non-hydrogen) atoms. The molecule has 0 bridgehead atoms. The lowest BCUT2D eigenvalue weighted by molar-refractivity contribution is -0.142. The van der Waals surface area contributed by atoms with Gasteiger partial charge in [0.2, 0.25) is 17.7 Å². The number of carbonyl (C=O) groups excluding carboxylic acids is 4. The van der Waals surface area contributed by atoms with E-state index in [9.17, 15) is 29.1 Å². The number of carboxylic acid groups (broad SMARTS) is 1. The highest BCUT2D eigenvalue weighted by Gasteiger charge is 2.20. The second-order valence-corrected chi connectivity index (χ2v) is 11.3. The molecule has 0 spiro atoms. The minimum atomic E-state index is -1.18. The summed E-state index contributed by atoms with van der Waals surface area (Å²) in [6.45, 7) is 6.20. The summed E-state index contributed by atoms with van der Waals surface area (Å²) in [4.78, 5) is 58.4. The summed E-state index contributed by atoms with van der Waals surface area (Å²) >= 11 is 0. The molecule has 4 N–H and O–H groups in total. The van der Waals surface area contributed by atoms with E-state index in [2.05, 4.69) is 16.0 Å². The van der Waals surface area contributed by atoms with Crippen molar-refractivity contribution in [3.63, 3.8) is 0 Å². The van der Waals surface area contributed by atoms with Crippen molar-refractivity contribution in [3.05, 3.63) is 29.8 Å². The fourth-order valence-corrected chi connectivity index (χ4v) is 4.20. The van der Waals surface area contributed by atoms with Crippen LogP contribution in [0.1, 0.15) is 70.3 Å². The maximum absolute atomic E-state index is 12.2. The molecule has 0 aromatic heterocycles. The minimum absolute atomic E-state index is 0.0179. The third-order valence-electron chi connectivity index (χ3n) is 6.80. The van der Waals surface area contributed by atoms with Crippen LogP contribution in [0.4, 0.5) is 0 Å². The molecule has 0 fully saturated rings. The highest BCUT2D eigenvalue weighted by atomic mass is 16.5. The molecule has 1 atom stereocenters. The van der Waals surface area contributed by atoms with Gasteiger partial charge in [-0.25, -0.2) is 4.79 Å². The predicted octanol–water partition coefficient (Wildman–Crippen LogP) is 2.34. The van der Waals surface area contributed by atoms with Gasteiger partial charge in [-0.3, -0.25) is 19.2 Å². The Morgan fingerprint density at radius 1 is 0.646 bits per heavy atom. The van der Waals surface area contributed by atoms with Crippen LogP contribution in [-0.2, 0) is 42.9 Å². The molecule has 0 saturated carbocycles. The summed E-state index contributed by atoms with van der Waals surface area (Å²) in [5, 5.41) is 17.3. The predicted molar refractivity (Wildman–Crippen MR) is 178 cm³/mol. The Balaban J connectivity index is 1.96. The van der Waals surface area contributed by atoms with Gasteiger partial charge in [0.1, 0.15) is 25.0 Å². The standard InChI is InChI=1S/C34H55N3O11/c1-27-10-12-29(13-11-27)48-18-8-6-4-3-5-7-9-32(40)37-30(34(42)43)14-15-31(39)35-16-19-44-22-24-47-26-33(41)36-17-20-45-21-23-46-25-28(2)38/h10-13,30H,3-9,14-26H2,1-2H3,(H,35,39)(H,36,41)(H,37,40)(H,42,43). The molecule has 1 aromatic carbocycles. The van der Waals surface area contributed by atoms with Gasteiger partial charge < -0.3 is 44.7 Å². The molecule has 14 heteroatoms. The van der Waals surface area contributed by atoms with E-state index in [0.717, 1.165) is 37.9 Å². The van der Waals surface area contributed by atoms with Crippen molar-refractivity contribution in [1.82, 2.24) is 16.0 Å². The number of aliphatic carboxylic acids is 1. The van der Waals surface area contributed by atoms with Crippen LogP contribution in [0.15, 0.2) is 24.3 Å². The van der Waals surface area contributed by atoms with Crippen LogP contribution >= 0.6 is 0 Å². The normalized spacial score (nSPS) is 11.5. The van der Waals surface area contributed by atoms with Crippen LogP contribution in [0, 0.1) is 6.92 Å². The van der Waals surface area contributed by atoms with Crippen LogP contribution in [0.25, 0.3) is 0 Å². The number of nitrogens with one attached hydrogen (secondary N) is 3. The molecule has 1 aromatic rings. The molecular formula is C34H55N3O11. The average Bonchev–Trinajstić information content (AvgIpc) is 3.05. The molecule has 0 saturated heterocycles. The number of aryl methyl sites for hydroxylation is 1. The largest absolute Gasteiger partial charge is 0.494 e. The van der Waals surface area contributed by atoms with Crippen LogP contribution in [0.3, 0.4) is 0 Å². The minimum Gasteiger partial charge on any atom is -0.494 e. The van der Waals surface area contributed by atoms with Gasteiger partial charge in [-0.1, -0.05) is 43.4 Å². The van der Waals surface area contributed by atoms with Crippen LogP contribution in [0.2, 0.25) is 0 Å². The molecule has 272 valence electrons. The summed E-state index contributed by atoms with van der Waals surface area (Å²) in [6, 6.07) is 6.85. The smallest absolute Gasteiger partial charge is 0.326 e. The number of amides is 3. The van der Waals surface area contributed by atoms with Gasteiger partial charge in [-0.15, -0.1) is 0 Å². The number of Topliss-reactive ketones (excluding diaryl/α,β-unsaturated/α-hetero) is 1. The topological polar surface area (TPSA) is 188 Å². The van der Waals surface area contributed by atoms with Gasteiger partial charge in [0, 0.05) is 25.9 Å². The van der Waals surface area contributed by atoms with Gasteiger partial charge in [0.25, 0.3) is 0 Å². The number of unbranched alkanes of at least 4 members (excludes halogenated alkanes) is 5. The van der Waals surface area contributed by atoms with Gasteiger partial charge in [0.05, 0.1) is 46.2 Å². The molecule has 14 nitrogen and oxygen atoms in total. The maximum Gasteiger partial charge on any atom is 0.326 e. The van der Waals surface area contributed by atoms with E-state index in [1.165, 1.54) is 12.5 Å². The number of rotatable bonds is 31. The molecule has 0 aliphatic rings. The number of benzene rings is 1. The zero-order valence-corrected chi connectivity index (χ0v) is 28.6. The summed E-state index contributed by atoms with van der Waals surface area (Å²) in [5.41, 5.74) is 1.20. The second-order valence-electron chi connectivity index (χ2n) is 11.3. The average molecular weight is 682 g/mol. The monoisotopic (exact) mass is 681 g/mol. The summed E-state index contributed by atoms with van der Waals surface area (Å²) in [6.07, 6.45) is 5.78. The SMILES string of the molecule is CC(=O)COCCOCCNC(=O)COCCOCCNC(=O)CCC(NC(=O)CCCCCCCCOc1ccc(C)cc1)C(=O)O. The lowest BCUT2D eigenvalue weighted by Gasteiger charge is -2.14. The van der Waals surface area contributed by atoms with Crippen molar-refractivity contribution in [2.45, 2.75) is 77.7 Å². The second kappa shape index (κ2) is 28.4. The molecular weight excluding hydrogens is 626 g/mol. The first-order valence-corrected chi connectivity index (χ1v) is 16.7. The van der Waals surface area contributed by atoms with E-state index in [-0.39, 0.29) is 82.3 Å². The van der Waals surface area contributed by atoms with Crippen LogP contribution in [0.5, 0.6) is 5.75 Å². The van der Waals surface area contributed by atoms with Crippen LogP contribution in [-0.4, -0.2) is 113 Å². The number of carbonyl (C=O) groups is 5. The first-order valence-electron chi connectivity index (χ1n) is 16.7. The number of ether oxygens (including phenoxy) is 5.